The first-order valence-electron chi connectivity index (χ1n) is 9.78. The molecule has 2 aliphatic rings. The van der Waals surface area contributed by atoms with Crippen LogP contribution in [0.5, 0.6) is 0 Å². The van der Waals surface area contributed by atoms with Crippen molar-refractivity contribution in [2.75, 3.05) is 25.6 Å². The molecule has 6 heteroatoms. The maximum absolute atomic E-state index is 13.5. The molecule has 0 unspecified atom stereocenters. The van der Waals surface area contributed by atoms with Gasteiger partial charge in [-0.15, -0.1) is 0 Å². The van der Waals surface area contributed by atoms with Crippen molar-refractivity contribution in [3.05, 3.63) is 59.9 Å². The van der Waals surface area contributed by atoms with Crippen molar-refractivity contribution in [3.63, 3.8) is 0 Å². The first kappa shape index (κ1) is 18.6. The summed E-state index contributed by atoms with van der Waals surface area (Å²) < 4.78 is 5.27. The average Bonchev–Trinajstić information content (AvgIpc) is 3.18. The van der Waals surface area contributed by atoms with Gasteiger partial charge in [0, 0.05) is 25.4 Å². The Labute approximate surface area is 164 Å². The zero-order chi connectivity index (χ0) is 19.6. The van der Waals surface area contributed by atoms with Crippen LogP contribution in [0.15, 0.2) is 48.8 Å². The van der Waals surface area contributed by atoms with Gasteiger partial charge in [0.05, 0.1) is 29.9 Å². The van der Waals surface area contributed by atoms with Crippen LogP contribution in [0, 0.1) is 0 Å². The lowest BCUT2D eigenvalue weighted by Crippen LogP contribution is -2.60. The molecule has 1 aliphatic carbocycles. The third kappa shape index (κ3) is 3.07. The van der Waals surface area contributed by atoms with Crippen LogP contribution in [0.4, 0.5) is 5.69 Å². The SMILES string of the molecule is COCCN1C(=O)c2ccccc2[C@@H](C(=O)Nc2cccnc2)C12CCCC2. The van der Waals surface area contributed by atoms with Gasteiger partial charge in [0.1, 0.15) is 0 Å². The van der Waals surface area contributed by atoms with Crippen molar-refractivity contribution in [1.29, 1.82) is 0 Å². The van der Waals surface area contributed by atoms with E-state index in [1.54, 1.807) is 25.6 Å². The number of fused-ring (bicyclic) bond motifs is 1. The van der Waals surface area contributed by atoms with Crippen molar-refractivity contribution >= 4 is 17.5 Å². The van der Waals surface area contributed by atoms with Gasteiger partial charge in [-0.25, -0.2) is 0 Å². The number of amides is 2. The Morgan fingerprint density at radius 2 is 2.04 bits per heavy atom. The molecule has 6 nitrogen and oxygen atoms in total. The minimum atomic E-state index is -0.504. The number of pyridine rings is 1. The molecule has 0 saturated heterocycles. The Morgan fingerprint density at radius 1 is 1.25 bits per heavy atom. The van der Waals surface area contributed by atoms with Crippen LogP contribution in [0.1, 0.15) is 47.5 Å². The number of nitrogens with zero attached hydrogens (tertiary/aromatic N) is 2. The number of benzene rings is 1. The number of anilines is 1. The van der Waals surface area contributed by atoms with Crippen molar-refractivity contribution in [2.45, 2.75) is 37.1 Å². The van der Waals surface area contributed by atoms with Gasteiger partial charge in [0.25, 0.3) is 5.91 Å². The van der Waals surface area contributed by atoms with Crippen LogP contribution >= 0.6 is 0 Å². The minimum Gasteiger partial charge on any atom is -0.383 e. The molecule has 1 aromatic heterocycles. The fraction of sp³-hybridized carbons (Fsp3) is 0.409. The van der Waals surface area contributed by atoms with E-state index in [-0.39, 0.29) is 11.8 Å². The molecular weight excluding hydrogens is 354 g/mol. The van der Waals surface area contributed by atoms with Crippen LogP contribution in [0.2, 0.25) is 0 Å². The normalized spacial score (nSPS) is 20.2. The smallest absolute Gasteiger partial charge is 0.254 e. The Bertz CT molecular complexity index is 862. The van der Waals surface area contributed by atoms with E-state index in [1.807, 2.05) is 35.2 Å². The number of rotatable bonds is 5. The predicted octanol–water partition coefficient (Wildman–Crippen LogP) is 3.22. The van der Waals surface area contributed by atoms with Gasteiger partial charge in [-0.3, -0.25) is 14.6 Å². The lowest BCUT2D eigenvalue weighted by atomic mass is 9.71. The third-order valence-corrected chi connectivity index (χ3v) is 6.00. The number of aromatic nitrogens is 1. The predicted molar refractivity (Wildman–Crippen MR) is 106 cm³/mol. The molecule has 1 aliphatic heterocycles. The van der Waals surface area contributed by atoms with Gasteiger partial charge in [0.2, 0.25) is 5.91 Å². The minimum absolute atomic E-state index is 0.0000206. The van der Waals surface area contributed by atoms with Crippen molar-refractivity contribution in [1.82, 2.24) is 9.88 Å². The van der Waals surface area contributed by atoms with Crippen LogP contribution in [0.3, 0.4) is 0 Å². The molecule has 2 aromatic rings. The molecule has 1 N–H and O–H groups in total. The third-order valence-electron chi connectivity index (χ3n) is 6.00. The summed E-state index contributed by atoms with van der Waals surface area (Å²) in [4.78, 5) is 32.8. The number of nitrogens with one attached hydrogen (secondary N) is 1. The summed E-state index contributed by atoms with van der Waals surface area (Å²) >= 11 is 0. The molecule has 28 heavy (non-hydrogen) atoms. The zero-order valence-corrected chi connectivity index (χ0v) is 16.1. The highest BCUT2D eigenvalue weighted by Gasteiger charge is 2.55. The van der Waals surface area contributed by atoms with E-state index in [4.69, 9.17) is 4.74 Å². The molecular formula is C22H25N3O3. The Morgan fingerprint density at radius 3 is 2.75 bits per heavy atom. The summed E-state index contributed by atoms with van der Waals surface area (Å²) in [7, 11) is 1.64. The molecule has 1 aromatic carbocycles. The number of carbonyl (C=O) groups is 2. The van der Waals surface area contributed by atoms with Gasteiger partial charge in [-0.05, 0) is 36.6 Å². The largest absolute Gasteiger partial charge is 0.383 e. The molecule has 0 radical (unpaired) electrons. The molecule has 1 saturated carbocycles. The Hall–Kier alpha value is -2.73. The lowest BCUT2D eigenvalue weighted by Gasteiger charge is -2.50. The van der Waals surface area contributed by atoms with E-state index in [0.717, 1.165) is 31.2 Å². The maximum Gasteiger partial charge on any atom is 0.254 e. The van der Waals surface area contributed by atoms with Gasteiger partial charge in [-0.2, -0.15) is 0 Å². The highest BCUT2D eigenvalue weighted by molar-refractivity contribution is 6.05. The second-order valence-electron chi connectivity index (χ2n) is 7.51. The maximum atomic E-state index is 13.5. The zero-order valence-electron chi connectivity index (χ0n) is 16.1. The molecule has 4 rings (SSSR count). The highest BCUT2D eigenvalue weighted by Crippen LogP contribution is 2.50. The Kier molecular flexibility index (Phi) is 5.13. The number of carbonyl (C=O) groups excluding carboxylic acids is 2. The van der Waals surface area contributed by atoms with E-state index in [9.17, 15) is 9.59 Å². The molecule has 146 valence electrons. The summed E-state index contributed by atoms with van der Waals surface area (Å²) in [6, 6.07) is 11.1. The first-order valence-corrected chi connectivity index (χ1v) is 9.78. The lowest BCUT2D eigenvalue weighted by molar-refractivity contribution is -0.121. The topological polar surface area (TPSA) is 71.5 Å². The highest BCUT2D eigenvalue weighted by atomic mass is 16.5. The fourth-order valence-corrected chi connectivity index (χ4v) is 4.83. The standard InChI is InChI=1S/C22H25N3O3/c1-28-14-13-25-21(27)18-9-3-2-8-17(18)19(22(25)10-4-5-11-22)20(26)24-16-7-6-12-23-15-16/h2-3,6-9,12,15,19H,4-5,10-11,13-14H2,1H3,(H,24,26)/t19-/m0/s1. The van der Waals surface area contributed by atoms with E-state index in [2.05, 4.69) is 10.3 Å². The second-order valence-corrected chi connectivity index (χ2v) is 7.51. The quantitative estimate of drug-likeness (QED) is 0.866. The summed E-state index contributed by atoms with van der Waals surface area (Å²) in [5.41, 5.74) is 1.60. The van der Waals surface area contributed by atoms with E-state index >= 15 is 0 Å². The molecule has 1 atom stereocenters. The van der Waals surface area contributed by atoms with Crippen LogP contribution in [-0.2, 0) is 9.53 Å². The van der Waals surface area contributed by atoms with Crippen LogP contribution in [0.25, 0.3) is 0 Å². The van der Waals surface area contributed by atoms with Gasteiger partial charge in [-0.1, -0.05) is 31.0 Å². The Balaban J connectivity index is 1.79. The fourth-order valence-electron chi connectivity index (χ4n) is 4.83. The average molecular weight is 379 g/mol. The van der Waals surface area contributed by atoms with Crippen molar-refractivity contribution in [3.8, 4) is 0 Å². The molecule has 2 amide bonds. The molecule has 1 fully saturated rings. The second kappa shape index (κ2) is 7.72. The number of ether oxygens (including phenoxy) is 1. The molecule has 1 spiro atoms. The summed E-state index contributed by atoms with van der Waals surface area (Å²) in [5, 5.41) is 3.02. The molecule has 0 bridgehead atoms. The van der Waals surface area contributed by atoms with Crippen LogP contribution < -0.4 is 5.32 Å². The number of methoxy groups -OCH3 is 1. The van der Waals surface area contributed by atoms with E-state index in [1.165, 1.54) is 0 Å². The van der Waals surface area contributed by atoms with Gasteiger partial charge >= 0.3 is 0 Å². The van der Waals surface area contributed by atoms with Crippen LogP contribution in [-0.4, -0.2) is 47.5 Å². The monoisotopic (exact) mass is 379 g/mol. The number of hydrogen-bond donors (Lipinski definition) is 1. The first-order chi connectivity index (χ1) is 13.7. The van der Waals surface area contributed by atoms with Gasteiger partial charge in [0.15, 0.2) is 0 Å². The van der Waals surface area contributed by atoms with E-state index < -0.39 is 11.5 Å². The van der Waals surface area contributed by atoms with Gasteiger partial charge < -0.3 is 15.0 Å². The van der Waals surface area contributed by atoms with E-state index in [0.29, 0.717) is 24.4 Å². The summed E-state index contributed by atoms with van der Waals surface area (Å²) in [6.45, 7) is 0.937. The molecule has 2 heterocycles. The van der Waals surface area contributed by atoms with Crippen molar-refractivity contribution < 1.29 is 14.3 Å². The number of hydrogen-bond acceptors (Lipinski definition) is 4. The summed E-state index contributed by atoms with van der Waals surface area (Å²) in [5.74, 6) is -0.502. The summed E-state index contributed by atoms with van der Waals surface area (Å²) in [6.07, 6.45) is 6.98. The van der Waals surface area contributed by atoms with Crippen molar-refractivity contribution in [2.24, 2.45) is 0 Å².